The molecule has 1 heterocycles. The zero-order valence-electron chi connectivity index (χ0n) is 15.0. The van der Waals surface area contributed by atoms with Crippen LogP contribution in [0.4, 0.5) is 11.4 Å². The molecular weight excluding hydrogens is 314 g/mol. The number of nitrogens with zero attached hydrogens (tertiary/aromatic N) is 1. The largest absolute Gasteiger partial charge is 0.441 e. The molecule has 3 aromatic rings. The predicted octanol–water partition coefficient (Wildman–Crippen LogP) is 4.70. The van der Waals surface area contributed by atoms with Crippen molar-refractivity contribution in [2.24, 2.45) is 0 Å². The Morgan fingerprint density at radius 3 is 2.40 bits per heavy atom. The molecule has 1 aromatic heterocycles. The topological polar surface area (TPSA) is 67.2 Å². The minimum atomic E-state index is -0.379. The fourth-order valence-electron chi connectivity index (χ4n) is 2.65. The average Bonchev–Trinajstić information content (AvgIpc) is 2.94. The summed E-state index contributed by atoms with van der Waals surface area (Å²) in [5.41, 5.74) is 4.40. The number of anilines is 2. The van der Waals surface area contributed by atoms with Gasteiger partial charge < -0.3 is 15.1 Å². The smallest absolute Gasteiger partial charge is 0.246 e. The monoisotopic (exact) mass is 337 g/mol. The van der Waals surface area contributed by atoms with Crippen molar-refractivity contribution in [3.05, 3.63) is 53.9 Å². The number of hydrogen-bond acceptors (Lipinski definition) is 4. The second-order valence-corrected chi connectivity index (χ2v) is 6.55. The number of amides is 1. The lowest BCUT2D eigenvalue weighted by Crippen LogP contribution is -2.31. The standard InChI is InChI=1S/C20H23N3O2/c1-12(2)15-5-7-16(8-6-15)23-20(24)13(3)21-17-9-10-19-18(11-17)22-14(4)25-19/h5-13,21H,1-4H3,(H,23,24)/t13-/m1/s1. The quantitative estimate of drug-likeness (QED) is 0.708. The van der Waals surface area contributed by atoms with Gasteiger partial charge in [-0.2, -0.15) is 0 Å². The van der Waals surface area contributed by atoms with E-state index in [4.69, 9.17) is 4.42 Å². The molecule has 0 aliphatic heterocycles. The second kappa shape index (κ2) is 6.97. The molecule has 3 rings (SSSR count). The summed E-state index contributed by atoms with van der Waals surface area (Å²) >= 11 is 0. The van der Waals surface area contributed by atoms with Crippen LogP contribution in [0.25, 0.3) is 11.1 Å². The minimum Gasteiger partial charge on any atom is -0.441 e. The third kappa shape index (κ3) is 3.99. The van der Waals surface area contributed by atoms with Crippen LogP contribution >= 0.6 is 0 Å². The van der Waals surface area contributed by atoms with Gasteiger partial charge in [-0.25, -0.2) is 4.98 Å². The summed E-state index contributed by atoms with van der Waals surface area (Å²) in [5, 5.41) is 6.13. The van der Waals surface area contributed by atoms with E-state index in [1.165, 1.54) is 5.56 Å². The predicted molar refractivity (Wildman–Crippen MR) is 101 cm³/mol. The van der Waals surface area contributed by atoms with E-state index in [2.05, 4.69) is 29.5 Å². The molecule has 25 heavy (non-hydrogen) atoms. The van der Waals surface area contributed by atoms with Crippen molar-refractivity contribution in [2.45, 2.75) is 39.7 Å². The van der Waals surface area contributed by atoms with Gasteiger partial charge in [-0.05, 0) is 48.7 Å². The first-order valence-corrected chi connectivity index (χ1v) is 8.47. The fraction of sp³-hybridized carbons (Fsp3) is 0.300. The van der Waals surface area contributed by atoms with E-state index in [9.17, 15) is 4.79 Å². The molecule has 5 nitrogen and oxygen atoms in total. The molecule has 1 amide bonds. The van der Waals surface area contributed by atoms with Crippen LogP contribution in [0.15, 0.2) is 46.9 Å². The Bertz CT molecular complexity index is 882. The van der Waals surface area contributed by atoms with Crippen LogP contribution in [0.2, 0.25) is 0 Å². The summed E-state index contributed by atoms with van der Waals surface area (Å²) in [4.78, 5) is 16.7. The number of carbonyl (C=O) groups excluding carboxylic acids is 1. The van der Waals surface area contributed by atoms with Crippen LogP contribution in [0.5, 0.6) is 0 Å². The van der Waals surface area contributed by atoms with Gasteiger partial charge in [0.05, 0.1) is 0 Å². The highest BCUT2D eigenvalue weighted by Crippen LogP contribution is 2.21. The molecule has 0 saturated carbocycles. The Hall–Kier alpha value is -2.82. The summed E-state index contributed by atoms with van der Waals surface area (Å²) in [6.45, 7) is 7.93. The van der Waals surface area contributed by atoms with Gasteiger partial charge in [0, 0.05) is 18.3 Å². The van der Waals surface area contributed by atoms with Gasteiger partial charge in [-0.1, -0.05) is 26.0 Å². The zero-order valence-corrected chi connectivity index (χ0v) is 15.0. The summed E-state index contributed by atoms with van der Waals surface area (Å²) in [6, 6.07) is 13.2. The normalized spacial score (nSPS) is 12.4. The first kappa shape index (κ1) is 17.0. The van der Waals surface area contributed by atoms with Crippen molar-refractivity contribution in [2.75, 3.05) is 10.6 Å². The third-order valence-electron chi connectivity index (χ3n) is 4.12. The van der Waals surface area contributed by atoms with Crippen molar-refractivity contribution >= 4 is 28.4 Å². The molecule has 0 unspecified atom stereocenters. The zero-order chi connectivity index (χ0) is 18.0. The fourth-order valence-corrected chi connectivity index (χ4v) is 2.65. The van der Waals surface area contributed by atoms with Crippen LogP contribution in [0.3, 0.4) is 0 Å². The van der Waals surface area contributed by atoms with Crippen LogP contribution in [0, 0.1) is 6.92 Å². The van der Waals surface area contributed by atoms with Gasteiger partial charge in [0.2, 0.25) is 5.91 Å². The van der Waals surface area contributed by atoms with E-state index < -0.39 is 0 Å². The average molecular weight is 337 g/mol. The van der Waals surface area contributed by atoms with Gasteiger partial charge in [0.25, 0.3) is 0 Å². The number of hydrogen-bond donors (Lipinski definition) is 2. The summed E-state index contributed by atoms with van der Waals surface area (Å²) in [6.07, 6.45) is 0. The van der Waals surface area contributed by atoms with Crippen molar-refractivity contribution in [3.63, 3.8) is 0 Å². The van der Waals surface area contributed by atoms with Gasteiger partial charge >= 0.3 is 0 Å². The van der Waals surface area contributed by atoms with E-state index in [0.717, 1.165) is 22.5 Å². The number of oxazole rings is 1. The third-order valence-corrected chi connectivity index (χ3v) is 4.12. The number of aromatic nitrogens is 1. The molecule has 0 saturated heterocycles. The Kier molecular flexibility index (Phi) is 4.74. The number of benzene rings is 2. The molecule has 5 heteroatoms. The number of fused-ring (bicyclic) bond motifs is 1. The highest BCUT2D eigenvalue weighted by atomic mass is 16.3. The lowest BCUT2D eigenvalue weighted by Gasteiger charge is -2.15. The van der Waals surface area contributed by atoms with Gasteiger partial charge in [0.1, 0.15) is 11.6 Å². The maximum Gasteiger partial charge on any atom is 0.246 e. The number of aryl methyl sites for hydroxylation is 1. The first-order valence-electron chi connectivity index (χ1n) is 8.47. The molecule has 0 bridgehead atoms. The van der Waals surface area contributed by atoms with Gasteiger partial charge in [-0.3, -0.25) is 4.79 Å². The molecular formula is C20H23N3O2. The number of carbonyl (C=O) groups is 1. The molecule has 0 aliphatic rings. The highest BCUT2D eigenvalue weighted by Gasteiger charge is 2.14. The molecule has 2 N–H and O–H groups in total. The SMILES string of the molecule is Cc1nc2cc(N[C@H](C)C(=O)Nc3ccc(C(C)C)cc3)ccc2o1. The van der Waals surface area contributed by atoms with Crippen LogP contribution in [-0.2, 0) is 4.79 Å². The van der Waals surface area contributed by atoms with E-state index in [-0.39, 0.29) is 11.9 Å². The summed E-state index contributed by atoms with van der Waals surface area (Å²) in [7, 11) is 0. The number of rotatable bonds is 5. The van der Waals surface area contributed by atoms with E-state index >= 15 is 0 Å². The first-order chi connectivity index (χ1) is 11.9. The summed E-state index contributed by atoms with van der Waals surface area (Å²) < 4.78 is 5.46. The van der Waals surface area contributed by atoms with Gasteiger partial charge in [0.15, 0.2) is 11.5 Å². The van der Waals surface area contributed by atoms with Crippen LogP contribution in [-0.4, -0.2) is 16.9 Å². The molecule has 1 atom stereocenters. The van der Waals surface area contributed by atoms with Crippen molar-refractivity contribution in [3.8, 4) is 0 Å². The number of nitrogens with one attached hydrogen (secondary N) is 2. The van der Waals surface area contributed by atoms with Gasteiger partial charge in [-0.15, -0.1) is 0 Å². The molecule has 0 aliphatic carbocycles. The lowest BCUT2D eigenvalue weighted by atomic mass is 10.0. The minimum absolute atomic E-state index is 0.0891. The highest BCUT2D eigenvalue weighted by molar-refractivity contribution is 5.96. The molecule has 0 fully saturated rings. The van der Waals surface area contributed by atoms with E-state index in [0.29, 0.717) is 11.8 Å². The van der Waals surface area contributed by atoms with Crippen molar-refractivity contribution in [1.29, 1.82) is 0 Å². The van der Waals surface area contributed by atoms with E-state index in [1.807, 2.05) is 56.3 Å². The molecule has 0 spiro atoms. The Morgan fingerprint density at radius 1 is 1.04 bits per heavy atom. The van der Waals surface area contributed by atoms with Crippen LogP contribution < -0.4 is 10.6 Å². The van der Waals surface area contributed by atoms with Crippen molar-refractivity contribution < 1.29 is 9.21 Å². The molecule has 0 radical (unpaired) electrons. The Morgan fingerprint density at radius 2 is 1.72 bits per heavy atom. The Labute approximate surface area is 147 Å². The summed E-state index contributed by atoms with van der Waals surface area (Å²) in [5.74, 6) is 1.01. The molecule has 2 aromatic carbocycles. The Balaban J connectivity index is 1.64. The lowest BCUT2D eigenvalue weighted by molar-refractivity contribution is -0.116. The van der Waals surface area contributed by atoms with Crippen LogP contribution in [0.1, 0.15) is 38.1 Å². The molecule has 130 valence electrons. The van der Waals surface area contributed by atoms with E-state index in [1.54, 1.807) is 0 Å². The van der Waals surface area contributed by atoms with Crippen molar-refractivity contribution in [1.82, 2.24) is 4.98 Å². The second-order valence-electron chi connectivity index (χ2n) is 6.55. The maximum absolute atomic E-state index is 12.4. The maximum atomic E-state index is 12.4.